The zero-order valence-corrected chi connectivity index (χ0v) is 9.13. The van der Waals surface area contributed by atoms with E-state index in [1.165, 1.54) is 4.90 Å². The molecule has 1 aromatic rings. The van der Waals surface area contributed by atoms with Crippen molar-refractivity contribution < 1.29 is 10.0 Å². The normalized spacial score (nSPS) is 10.9. The Bertz CT molecular complexity index is 399. The van der Waals surface area contributed by atoms with Gasteiger partial charge in [-0.1, -0.05) is 41.6 Å². The molecular weight excluding hydrogens is 204 g/mol. The summed E-state index contributed by atoms with van der Waals surface area (Å²) in [5.41, 5.74) is 0.621. The molecule has 1 aromatic carbocycles. The van der Waals surface area contributed by atoms with Crippen molar-refractivity contribution in [1.29, 1.82) is 0 Å². The average molecular weight is 218 g/mol. The number of likely N-dealkylation sites (N-methyl/N-ethyl adjacent to an activating group) is 1. The summed E-state index contributed by atoms with van der Waals surface area (Å²) < 4.78 is 0. The van der Waals surface area contributed by atoms with Gasteiger partial charge in [-0.15, -0.1) is 6.58 Å². The molecule has 1 amide bonds. The first-order valence-electron chi connectivity index (χ1n) is 4.84. The molecule has 16 heavy (non-hydrogen) atoms. The van der Waals surface area contributed by atoms with Crippen LogP contribution in [0.5, 0.6) is 0 Å². The van der Waals surface area contributed by atoms with Crippen LogP contribution in [0, 0.1) is 0 Å². The summed E-state index contributed by atoms with van der Waals surface area (Å²) >= 11 is 0. The number of oxime groups is 1. The molecule has 0 spiro atoms. The van der Waals surface area contributed by atoms with E-state index in [1.54, 1.807) is 37.4 Å². The highest BCUT2D eigenvalue weighted by atomic mass is 16.4. The lowest BCUT2D eigenvalue weighted by atomic mass is 10.1. The zero-order chi connectivity index (χ0) is 12.0. The van der Waals surface area contributed by atoms with Crippen molar-refractivity contribution in [1.82, 2.24) is 4.90 Å². The van der Waals surface area contributed by atoms with Gasteiger partial charge < -0.3 is 10.1 Å². The van der Waals surface area contributed by atoms with Crippen molar-refractivity contribution in [2.45, 2.75) is 0 Å². The Morgan fingerprint density at radius 1 is 1.50 bits per heavy atom. The highest BCUT2D eigenvalue weighted by molar-refractivity contribution is 6.45. The lowest BCUT2D eigenvalue weighted by Crippen LogP contribution is -2.33. The van der Waals surface area contributed by atoms with Crippen molar-refractivity contribution >= 4 is 11.6 Å². The van der Waals surface area contributed by atoms with Crippen LogP contribution in [0.2, 0.25) is 0 Å². The van der Waals surface area contributed by atoms with Gasteiger partial charge in [-0.2, -0.15) is 0 Å². The molecule has 4 nitrogen and oxygen atoms in total. The van der Waals surface area contributed by atoms with E-state index in [-0.39, 0.29) is 11.6 Å². The van der Waals surface area contributed by atoms with Gasteiger partial charge in [-0.05, 0) is 0 Å². The predicted octanol–water partition coefficient (Wildman–Crippen LogP) is 1.51. The van der Waals surface area contributed by atoms with Gasteiger partial charge in [0.25, 0.3) is 5.91 Å². The van der Waals surface area contributed by atoms with E-state index in [1.807, 2.05) is 6.07 Å². The third-order valence-electron chi connectivity index (χ3n) is 2.10. The molecule has 0 saturated heterocycles. The monoisotopic (exact) mass is 218 g/mol. The van der Waals surface area contributed by atoms with Gasteiger partial charge in [0.1, 0.15) is 0 Å². The Kier molecular flexibility index (Phi) is 4.27. The fourth-order valence-corrected chi connectivity index (χ4v) is 1.28. The standard InChI is InChI=1S/C12H14N2O2/c1-3-9-14(2)12(15)11(13-16)10-7-5-4-6-8-10/h3-8,16H,1,9H2,2H3. The fourth-order valence-electron chi connectivity index (χ4n) is 1.28. The first-order chi connectivity index (χ1) is 7.70. The highest BCUT2D eigenvalue weighted by Gasteiger charge is 2.17. The number of hydrogen-bond donors (Lipinski definition) is 1. The van der Waals surface area contributed by atoms with E-state index in [4.69, 9.17) is 5.21 Å². The molecule has 0 heterocycles. The van der Waals surface area contributed by atoms with Crippen LogP contribution >= 0.6 is 0 Å². The molecule has 0 bridgehead atoms. The van der Waals surface area contributed by atoms with Crippen LogP contribution in [0.4, 0.5) is 0 Å². The Hall–Kier alpha value is -2.10. The summed E-state index contributed by atoms with van der Waals surface area (Å²) in [5, 5.41) is 11.9. The molecule has 0 saturated carbocycles. The third kappa shape index (κ3) is 2.70. The minimum absolute atomic E-state index is 0.0324. The van der Waals surface area contributed by atoms with E-state index in [2.05, 4.69) is 11.7 Å². The summed E-state index contributed by atoms with van der Waals surface area (Å²) in [4.78, 5) is 13.3. The van der Waals surface area contributed by atoms with Crippen molar-refractivity contribution in [3.8, 4) is 0 Å². The Balaban J connectivity index is 2.93. The summed E-state index contributed by atoms with van der Waals surface area (Å²) in [6.07, 6.45) is 1.61. The van der Waals surface area contributed by atoms with Gasteiger partial charge in [0.2, 0.25) is 0 Å². The van der Waals surface area contributed by atoms with Crippen LogP contribution in [0.1, 0.15) is 5.56 Å². The van der Waals surface area contributed by atoms with E-state index in [9.17, 15) is 4.79 Å². The van der Waals surface area contributed by atoms with Crippen LogP contribution < -0.4 is 0 Å². The van der Waals surface area contributed by atoms with Gasteiger partial charge in [0.15, 0.2) is 5.71 Å². The lowest BCUT2D eigenvalue weighted by Gasteiger charge is -2.15. The minimum Gasteiger partial charge on any atom is -0.410 e. The van der Waals surface area contributed by atoms with Crippen LogP contribution in [0.15, 0.2) is 48.1 Å². The van der Waals surface area contributed by atoms with E-state index < -0.39 is 0 Å². The SMILES string of the molecule is C=CCN(C)C(=O)C(=NO)c1ccccc1. The van der Waals surface area contributed by atoms with E-state index in [0.717, 1.165) is 0 Å². The van der Waals surface area contributed by atoms with Gasteiger partial charge in [-0.25, -0.2) is 0 Å². The highest BCUT2D eigenvalue weighted by Crippen LogP contribution is 2.03. The number of carbonyl (C=O) groups excluding carboxylic acids is 1. The maximum Gasteiger partial charge on any atom is 0.276 e. The molecule has 84 valence electrons. The smallest absolute Gasteiger partial charge is 0.276 e. The molecule has 0 aliphatic carbocycles. The van der Waals surface area contributed by atoms with E-state index in [0.29, 0.717) is 12.1 Å². The molecule has 1 rings (SSSR count). The van der Waals surface area contributed by atoms with Crippen molar-refractivity contribution in [3.05, 3.63) is 48.6 Å². The lowest BCUT2D eigenvalue weighted by molar-refractivity contribution is -0.122. The largest absolute Gasteiger partial charge is 0.410 e. The zero-order valence-electron chi connectivity index (χ0n) is 9.13. The second-order valence-corrected chi connectivity index (χ2v) is 3.29. The Morgan fingerprint density at radius 2 is 2.12 bits per heavy atom. The number of amides is 1. The predicted molar refractivity (Wildman–Crippen MR) is 62.6 cm³/mol. The van der Waals surface area contributed by atoms with Crippen LogP contribution in [-0.2, 0) is 4.79 Å². The third-order valence-corrected chi connectivity index (χ3v) is 2.10. The topological polar surface area (TPSA) is 52.9 Å². The number of benzene rings is 1. The van der Waals surface area contributed by atoms with Crippen molar-refractivity contribution in [2.75, 3.05) is 13.6 Å². The van der Waals surface area contributed by atoms with Crippen LogP contribution in [0.25, 0.3) is 0 Å². The molecule has 0 atom stereocenters. The molecule has 0 aromatic heterocycles. The van der Waals surface area contributed by atoms with Crippen molar-refractivity contribution in [3.63, 3.8) is 0 Å². The second-order valence-electron chi connectivity index (χ2n) is 3.29. The molecular formula is C12H14N2O2. The van der Waals surface area contributed by atoms with Crippen molar-refractivity contribution in [2.24, 2.45) is 5.16 Å². The van der Waals surface area contributed by atoms with Gasteiger partial charge in [0.05, 0.1) is 0 Å². The van der Waals surface area contributed by atoms with E-state index >= 15 is 0 Å². The summed E-state index contributed by atoms with van der Waals surface area (Å²) in [6, 6.07) is 8.82. The molecule has 4 heteroatoms. The number of rotatable bonds is 4. The van der Waals surface area contributed by atoms with Crippen LogP contribution in [0.3, 0.4) is 0 Å². The minimum atomic E-state index is -0.339. The Morgan fingerprint density at radius 3 is 2.62 bits per heavy atom. The van der Waals surface area contributed by atoms with Crippen LogP contribution in [-0.4, -0.2) is 35.3 Å². The summed E-state index contributed by atoms with van der Waals surface area (Å²) in [6.45, 7) is 3.95. The molecule has 0 radical (unpaired) electrons. The quantitative estimate of drug-likeness (QED) is 0.360. The van der Waals surface area contributed by atoms with Gasteiger partial charge in [-0.3, -0.25) is 4.79 Å². The molecule has 0 fully saturated rings. The molecule has 0 aliphatic heterocycles. The molecule has 1 N–H and O–H groups in total. The number of carbonyl (C=O) groups is 1. The first-order valence-corrected chi connectivity index (χ1v) is 4.84. The van der Waals surface area contributed by atoms with Gasteiger partial charge in [0, 0.05) is 19.2 Å². The fraction of sp³-hybridized carbons (Fsp3) is 0.167. The molecule has 0 unspecified atom stereocenters. The summed E-state index contributed by atoms with van der Waals surface area (Å²) in [5.74, 6) is -0.339. The average Bonchev–Trinajstić information content (AvgIpc) is 2.31. The Labute approximate surface area is 94.5 Å². The number of nitrogens with zero attached hydrogens (tertiary/aromatic N) is 2. The number of hydrogen-bond acceptors (Lipinski definition) is 3. The maximum absolute atomic E-state index is 11.9. The first kappa shape index (κ1) is 12.0. The second kappa shape index (κ2) is 5.70. The maximum atomic E-state index is 11.9. The molecule has 0 aliphatic rings. The van der Waals surface area contributed by atoms with Gasteiger partial charge >= 0.3 is 0 Å². The summed E-state index contributed by atoms with van der Waals surface area (Å²) in [7, 11) is 1.62.